The maximum absolute atomic E-state index is 11.6. The number of hydrogen-bond acceptors (Lipinski definition) is 4. The molecule has 0 aliphatic rings. The van der Waals surface area contributed by atoms with Crippen molar-refractivity contribution < 1.29 is 19.4 Å². The summed E-state index contributed by atoms with van der Waals surface area (Å²) in [6.07, 6.45) is 2.11. The highest BCUT2D eigenvalue weighted by Crippen LogP contribution is 2.29. The topological polar surface area (TPSA) is 68.7 Å². The molecule has 3 aromatic rings. The molecule has 1 heterocycles. The monoisotopic (exact) mass is 391 g/mol. The predicted molar refractivity (Wildman–Crippen MR) is 113 cm³/mol. The molecule has 150 valence electrons. The number of carboxylic acids is 1. The number of pyridine rings is 1. The van der Waals surface area contributed by atoms with Crippen LogP contribution in [0.1, 0.15) is 41.9 Å². The van der Waals surface area contributed by atoms with Crippen molar-refractivity contribution in [3.63, 3.8) is 0 Å². The third-order valence-electron chi connectivity index (χ3n) is 4.51. The van der Waals surface area contributed by atoms with Crippen LogP contribution in [0.25, 0.3) is 11.3 Å². The zero-order valence-electron chi connectivity index (χ0n) is 16.7. The van der Waals surface area contributed by atoms with Crippen LogP contribution < -0.4 is 9.47 Å². The molecule has 0 bridgehead atoms. The van der Waals surface area contributed by atoms with Gasteiger partial charge in [0.05, 0.1) is 23.6 Å². The molecule has 0 atom stereocenters. The van der Waals surface area contributed by atoms with E-state index in [0.717, 1.165) is 18.4 Å². The molecule has 0 spiro atoms. The minimum Gasteiger partial charge on any atom is -0.493 e. The van der Waals surface area contributed by atoms with E-state index in [-0.39, 0.29) is 12.2 Å². The molecule has 0 aliphatic heterocycles. The van der Waals surface area contributed by atoms with Crippen molar-refractivity contribution in [3.05, 3.63) is 77.5 Å². The number of benzene rings is 2. The number of para-hydroxylation sites is 1. The van der Waals surface area contributed by atoms with Crippen LogP contribution in [-0.4, -0.2) is 22.7 Å². The van der Waals surface area contributed by atoms with Crippen LogP contribution >= 0.6 is 0 Å². The van der Waals surface area contributed by atoms with Crippen molar-refractivity contribution in [2.24, 2.45) is 0 Å². The Hall–Kier alpha value is -3.34. The Balaban J connectivity index is 1.87. The second-order valence-electron chi connectivity index (χ2n) is 6.61. The molecular formula is C24H25NO4. The number of ether oxygens (including phenoxy) is 2. The van der Waals surface area contributed by atoms with Crippen LogP contribution in [0.2, 0.25) is 0 Å². The number of nitrogens with zero attached hydrogens (tertiary/aromatic N) is 1. The molecule has 1 aromatic heterocycles. The Morgan fingerprint density at radius 3 is 2.41 bits per heavy atom. The number of carboxylic acid groups (broad SMARTS) is 1. The summed E-state index contributed by atoms with van der Waals surface area (Å²) in [5, 5.41) is 9.54. The molecule has 0 fully saturated rings. The van der Waals surface area contributed by atoms with E-state index in [2.05, 4.69) is 11.9 Å². The normalized spacial score (nSPS) is 10.6. The lowest BCUT2D eigenvalue weighted by molar-refractivity contribution is 0.0693. The summed E-state index contributed by atoms with van der Waals surface area (Å²) in [7, 11) is 0. The molecule has 3 rings (SSSR count). The van der Waals surface area contributed by atoms with Crippen molar-refractivity contribution in [1.82, 2.24) is 4.98 Å². The lowest BCUT2D eigenvalue weighted by Gasteiger charge is -2.13. The van der Waals surface area contributed by atoms with Crippen molar-refractivity contribution in [2.45, 2.75) is 33.3 Å². The first-order valence-electron chi connectivity index (χ1n) is 9.79. The molecular weight excluding hydrogens is 366 g/mol. The minimum absolute atomic E-state index is 0.0688. The van der Waals surface area contributed by atoms with Gasteiger partial charge < -0.3 is 14.6 Å². The van der Waals surface area contributed by atoms with Gasteiger partial charge in [0.2, 0.25) is 0 Å². The largest absolute Gasteiger partial charge is 0.493 e. The van der Waals surface area contributed by atoms with Gasteiger partial charge in [-0.2, -0.15) is 0 Å². The molecule has 29 heavy (non-hydrogen) atoms. The molecule has 0 saturated heterocycles. The lowest BCUT2D eigenvalue weighted by Crippen LogP contribution is -2.09. The van der Waals surface area contributed by atoms with E-state index in [1.165, 1.54) is 5.56 Å². The van der Waals surface area contributed by atoms with E-state index in [4.69, 9.17) is 9.47 Å². The van der Waals surface area contributed by atoms with Crippen LogP contribution in [0.4, 0.5) is 0 Å². The van der Waals surface area contributed by atoms with Crippen molar-refractivity contribution >= 4 is 5.97 Å². The molecule has 0 aliphatic carbocycles. The van der Waals surface area contributed by atoms with Gasteiger partial charge in [0, 0.05) is 5.56 Å². The van der Waals surface area contributed by atoms with Crippen molar-refractivity contribution in [3.8, 4) is 22.8 Å². The number of rotatable bonds is 9. The molecule has 0 amide bonds. The summed E-state index contributed by atoms with van der Waals surface area (Å²) in [5.41, 5.74) is 3.22. The molecule has 0 unspecified atom stereocenters. The van der Waals surface area contributed by atoms with E-state index in [0.29, 0.717) is 29.5 Å². The van der Waals surface area contributed by atoms with E-state index in [1.54, 1.807) is 12.1 Å². The zero-order chi connectivity index (χ0) is 20.6. The van der Waals surface area contributed by atoms with Gasteiger partial charge in [-0.15, -0.1) is 0 Å². The highest BCUT2D eigenvalue weighted by Gasteiger charge is 2.16. The van der Waals surface area contributed by atoms with Gasteiger partial charge in [0.15, 0.2) is 0 Å². The third kappa shape index (κ3) is 5.13. The fraction of sp³-hybridized carbons (Fsp3) is 0.250. The van der Waals surface area contributed by atoms with E-state index in [9.17, 15) is 9.90 Å². The first kappa shape index (κ1) is 20.4. The van der Waals surface area contributed by atoms with Gasteiger partial charge in [-0.05, 0) is 55.3 Å². The minimum atomic E-state index is -1.03. The number of carbonyl (C=O) groups is 1. The smallest absolute Gasteiger partial charge is 0.337 e. The second kappa shape index (κ2) is 9.73. The summed E-state index contributed by atoms with van der Waals surface area (Å²) >= 11 is 0. The van der Waals surface area contributed by atoms with Gasteiger partial charge >= 0.3 is 5.97 Å². The Kier molecular flexibility index (Phi) is 6.85. The van der Waals surface area contributed by atoms with Crippen LogP contribution in [0.15, 0.2) is 60.7 Å². The maximum Gasteiger partial charge on any atom is 0.337 e. The highest BCUT2D eigenvalue weighted by molar-refractivity contribution is 5.89. The maximum atomic E-state index is 11.6. The van der Waals surface area contributed by atoms with Crippen molar-refractivity contribution in [1.29, 1.82) is 0 Å². The average molecular weight is 391 g/mol. The number of aromatic nitrogens is 1. The first-order chi connectivity index (χ1) is 14.1. The first-order valence-corrected chi connectivity index (χ1v) is 9.79. The summed E-state index contributed by atoms with van der Waals surface area (Å²) in [6, 6.07) is 18.7. The molecule has 0 radical (unpaired) electrons. The molecule has 0 saturated carbocycles. The average Bonchev–Trinajstić information content (AvgIpc) is 2.74. The van der Waals surface area contributed by atoms with Gasteiger partial charge in [-0.1, -0.05) is 37.6 Å². The van der Waals surface area contributed by atoms with Gasteiger partial charge in [-0.25, -0.2) is 9.78 Å². The van der Waals surface area contributed by atoms with Crippen LogP contribution in [0.5, 0.6) is 11.5 Å². The molecule has 5 nitrogen and oxygen atoms in total. The number of hydrogen-bond donors (Lipinski definition) is 1. The molecule has 2 aromatic carbocycles. The van der Waals surface area contributed by atoms with Gasteiger partial charge in [0.25, 0.3) is 0 Å². The summed E-state index contributed by atoms with van der Waals surface area (Å²) in [4.78, 5) is 16.2. The standard InChI is InChI=1S/C24H25NO4/c1-3-7-17-10-12-18(13-11-17)29-16-22-20(24(26)27)14-15-21(25-22)19-8-5-6-9-23(19)28-4-2/h5-6,8-15H,3-4,7,16H2,1-2H3,(H,26,27). The second-order valence-corrected chi connectivity index (χ2v) is 6.61. The quantitative estimate of drug-likeness (QED) is 0.530. The predicted octanol–water partition coefficient (Wildman–Crippen LogP) is 5.38. The van der Waals surface area contributed by atoms with E-state index in [1.807, 2.05) is 55.5 Å². The van der Waals surface area contributed by atoms with E-state index >= 15 is 0 Å². The Labute approximate surface area is 171 Å². The van der Waals surface area contributed by atoms with Gasteiger partial charge in [-0.3, -0.25) is 0 Å². The summed E-state index contributed by atoms with van der Waals surface area (Å²) in [5.74, 6) is 0.367. The Bertz CT molecular complexity index is 967. The summed E-state index contributed by atoms with van der Waals surface area (Å²) < 4.78 is 11.5. The van der Waals surface area contributed by atoms with Gasteiger partial charge in [0.1, 0.15) is 18.1 Å². The third-order valence-corrected chi connectivity index (χ3v) is 4.51. The Morgan fingerprint density at radius 2 is 1.72 bits per heavy atom. The summed E-state index contributed by atoms with van der Waals surface area (Å²) in [6.45, 7) is 4.66. The highest BCUT2D eigenvalue weighted by atomic mass is 16.5. The lowest BCUT2D eigenvalue weighted by atomic mass is 10.1. The SMILES string of the molecule is CCCc1ccc(OCc2nc(-c3ccccc3OCC)ccc2C(=O)O)cc1. The number of aryl methyl sites for hydroxylation is 1. The van der Waals surface area contributed by atoms with Crippen LogP contribution in [0.3, 0.4) is 0 Å². The molecule has 5 heteroatoms. The fourth-order valence-corrected chi connectivity index (χ4v) is 3.11. The zero-order valence-corrected chi connectivity index (χ0v) is 16.7. The van der Waals surface area contributed by atoms with E-state index < -0.39 is 5.97 Å². The van der Waals surface area contributed by atoms with Crippen LogP contribution in [-0.2, 0) is 13.0 Å². The fourth-order valence-electron chi connectivity index (χ4n) is 3.11. The molecule has 1 N–H and O–H groups in total. The number of aromatic carboxylic acids is 1. The Morgan fingerprint density at radius 1 is 0.966 bits per heavy atom. The van der Waals surface area contributed by atoms with Crippen LogP contribution in [0, 0.1) is 0 Å². The van der Waals surface area contributed by atoms with Crippen molar-refractivity contribution in [2.75, 3.05) is 6.61 Å².